The molecule has 0 unspecified atom stereocenters. The van der Waals surface area contributed by atoms with Crippen molar-refractivity contribution in [2.75, 3.05) is 5.73 Å². The number of nitrogens with two attached hydrogens (primary N) is 1. The highest BCUT2D eigenvalue weighted by molar-refractivity contribution is 7.98. The molecule has 5 nitrogen and oxygen atoms in total. The van der Waals surface area contributed by atoms with Gasteiger partial charge in [0.15, 0.2) is 0 Å². The van der Waals surface area contributed by atoms with Crippen molar-refractivity contribution in [3.8, 4) is 0 Å². The summed E-state index contributed by atoms with van der Waals surface area (Å²) in [6.45, 7) is 3.03. The SMILES string of the molecule is CCCn1ncnc1CSc1ccncc1N. The first-order valence-electron chi connectivity index (χ1n) is 5.50. The molecule has 0 fully saturated rings. The topological polar surface area (TPSA) is 69.6 Å². The van der Waals surface area contributed by atoms with E-state index >= 15 is 0 Å². The van der Waals surface area contributed by atoms with E-state index in [4.69, 9.17) is 5.73 Å². The van der Waals surface area contributed by atoms with Crippen LogP contribution in [0, 0.1) is 0 Å². The van der Waals surface area contributed by atoms with Crippen LogP contribution in [0.4, 0.5) is 5.69 Å². The monoisotopic (exact) mass is 249 g/mol. The third-order valence-corrected chi connectivity index (χ3v) is 3.38. The normalized spacial score (nSPS) is 10.6. The van der Waals surface area contributed by atoms with Gasteiger partial charge in [-0.25, -0.2) is 9.67 Å². The summed E-state index contributed by atoms with van der Waals surface area (Å²) in [4.78, 5) is 9.25. The number of aromatic nitrogens is 4. The largest absolute Gasteiger partial charge is 0.397 e. The summed E-state index contributed by atoms with van der Waals surface area (Å²) < 4.78 is 1.93. The molecule has 0 spiro atoms. The minimum absolute atomic E-state index is 0.707. The number of nitrogen functional groups attached to an aromatic ring is 1. The predicted molar refractivity (Wildman–Crippen MR) is 68.5 cm³/mol. The second-order valence-corrected chi connectivity index (χ2v) is 4.62. The van der Waals surface area contributed by atoms with Crippen molar-refractivity contribution in [3.63, 3.8) is 0 Å². The highest BCUT2D eigenvalue weighted by Crippen LogP contribution is 2.26. The molecule has 2 aromatic rings. The Morgan fingerprint density at radius 1 is 1.47 bits per heavy atom. The number of aryl methyl sites for hydroxylation is 1. The van der Waals surface area contributed by atoms with E-state index < -0.39 is 0 Å². The third kappa shape index (κ3) is 2.97. The van der Waals surface area contributed by atoms with Crippen molar-refractivity contribution in [3.05, 3.63) is 30.6 Å². The smallest absolute Gasteiger partial charge is 0.138 e. The summed E-state index contributed by atoms with van der Waals surface area (Å²) in [6.07, 6.45) is 6.06. The summed E-state index contributed by atoms with van der Waals surface area (Å²) in [7, 11) is 0. The molecular formula is C11H15N5S. The summed E-state index contributed by atoms with van der Waals surface area (Å²) in [5.74, 6) is 1.75. The van der Waals surface area contributed by atoms with Crippen LogP contribution in [0.15, 0.2) is 29.7 Å². The van der Waals surface area contributed by atoms with Crippen LogP contribution in [0.25, 0.3) is 0 Å². The number of anilines is 1. The van der Waals surface area contributed by atoms with Crippen molar-refractivity contribution in [1.82, 2.24) is 19.7 Å². The zero-order valence-electron chi connectivity index (χ0n) is 9.71. The Hall–Kier alpha value is -1.56. The Labute approximate surface area is 104 Å². The maximum Gasteiger partial charge on any atom is 0.138 e. The molecule has 2 N–H and O–H groups in total. The molecule has 90 valence electrons. The number of rotatable bonds is 5. The molecule has 0 amide bonds. The van der Waals surface area contributed by atoms with E-state index in [9.17, 15) is 0 Å². The molecule has 0 radical (unpaired) electrons. The van der Waals surface area contributed by atoms with E-state index in [0.29, 0.717) is 5.69 Å². The van der Waals surface area contributed by atoms with E-state index in [1.165, 1.54) is 0 Å². The number of hydrogen-bond acceptors (Lipinski definition) is 5. The molecule has 0 atom stereocenters. The van der Waals surface area contributed by atoms with Gasteiger partial charge in [-0.2, -0.15) is 5.10 Å². The lowest BCUT2D eigenvalue weighted by atomic mass is 10.4. The van der Waals surface area contributed by atoms with E-state index in [-0.39, 0.29) is 0 Å². The maximum atomic E-state index is 5.83. The van der Waals surface area contributed by atoms with Crippen LogP contribution in [0.5, 0.6) is 0 Å². The first kappa shape index (κ1) is 11.9. The minimum atomic E-state index is 0.707. The van der Waals surface area contributed by atoms with Gasteiger partial charge in [0.1, 0.15) is 12.2 Å². The van der Waals surface area contributed by atoms with Crippen LogP contribution in [-0.2, 0) is 12.3 Å². The van der Waals surface area contributed by atoms with Gasteiger partial charge in [-0.3, -0.25) is 4.98 Å². The van der Waals surface area contributed by atoms with Crippen LogP contribution in [0.3, 0.4) is 0 Å². The van der Waals surface area contributed by atoms with Gasteiger partial charge < -0.3 is 5.73 Å². The molecule has 17 heavy (non-hydrogen) atoms. The Morgan fingerprint density at radius 2 is 2.35 bits per heavy atom. The quantitative estimate of drug-likeness (QED) is 0.820. The highest BCUT2D eigenvalue weighted by atomic mass is 32.2. The van der Waals surface area contributed by atoms with Crippen molar-refractivity contribution in [2.24, 2.45) is 0 Å². The van der Waals surface area contributed by atoms with Crippen LogP contribution in [-0.4, -0.2) is 19.7 Å². The van der Waals surface area contributed by atoms with Crippen molar-refractivity contribution in [2.45, 2.75) is 30.5 Å². The summed E-state index contributed by atoms with van der Waals surface area (Å²) in [6, 6.07) is 1.92. The number of thioether (sulfide) groups is 1. The van der Waals surface area contributed by atoms with Gasteiger partial charge in [-0.1, -0.05) is 6.92 Å². The van der Waals surface area contributed by atoms with Gasteiger partial charge in [0.25, 0.3) is 0 Å². The average molecular weight is 249 g/mol. The lowest BCUT2D eigenvalue weighted by Crippen LogP contribution is -2.04. The maximum absolute atomic E-state index is 5.83. The number of hydrogen-bond donors (Lipinski definition) is 1. The van der Waals surface area contributed by atoms with Crippen molar-refractivity contribution < 1.29 is 0 Å². The fourth-order valence-electron chi connectivity index (χ4n) is 1.47. The molecule has 0 aliphatic carbocycles. The zero-order chi connectivity index (χ0) is 12.1. The first-order chi connectivity index (χ1) is 8.31. The van der Waals surface area contributed by atoms with Crippen LogP contribution in [0.2, 0.25) is 0 Å². The lowest BCUT2D eigenvalue weighted by Gasteiger charge is -2.05. The number of pyridine rings is 1. The average Bonchev–Trinajstić information content (AvgIpc) is 2.76. The fraction of sp³-hybridized carbons (Fsp3) is 0.364. The second kappa shape index (κ2) is 5.67. The fourth-order valence-corrected chi connectivity index (χ4v) is 2.35. The molecule has 0 saturated heterocycles. The standard InChI is InChI=1S/C11H15N5S/c1-2-5-16-11(14-8-15-16)7-17-10-3-4-13-6-9(10)12/h3-4,6,8H,2,5,7,12H2,1H3. The van der Waals surface area contributed by atoms with Crippen LogP contribution < -0.4 is 5.73 Å². The first-order valence-corrected chi connectivity index (χ1v) is 6.48. The van der Waals surface area contributed by atoms with E-state index in [1.807, 2.05) is 10.7 Å². The van der Waals surface area contributed by atoms with Crippen LogP contribution in [0.1, 0.15) is 19.2 Å². The molecule has 2 rings (SSSR count). The highest BCUT2D eigenvalue weighted by Gasteiger charge is 2.05. The van der Waals surface area contributed by atoms with Gasteiger partial charge in [-0.05, 0) is 12.5 Å². The van der Waals surface area contributed by atoms with Crippen molar-refractivity contribution >= 4 is 17.4 Å². The Kier molecular flexibility index (Phi) is 3.98. The van der Waals surface area contributed by atoms with Gasteiger partial charge in [0.2, 0.25) is 0 Å². The molecule has 2 heterocycles. The molecule has 0 aromatic carbocycles. The predicted octanol–water partition coefficient (Wildman–Crippen LogP) is 1.96. The van der Waals surface area contributed by atoms with Gasteiger partial charge in [-0.15, -0.1) is 11.8 Å². The molecule has 0 bridgehead atoms. The second-order valence-electron chi connectivity index (χ2n) is 3.60. The molecule has 6 heteroatoms. The summed E-state index contributed by atoms with van der Waals surface area (Å²) >= 11 is 1.66. The van der Waals surface area contributed by atoms with Gasteiger partial charge >= 0.3 is 0 Å². The van der Waals surface area contributed by atoms with Crippen LogP contribution >= 0.6 is 11.8 Å². The van der Waals surface area contributed by atoms with Crippen molar-refractivity contribution in [1.29, 1.82) is 0 Å². The third-order valence-electron chi connectivity index (χ3n) is 2.30. The van der Waals surface area contributed by atoms with Gasteiger partial charge in [0.05, 0.1) is 17.6 Å². The van der Waals surface area contributed by atoms with E-state index in [2.05, 4.69) is 22.0 Å². The Bertz CT molecular complexity index is 482. The zero-order valence-corrected chi connectivity index (χ0v) is 10.5. The number of nitrogens with zero attached hydrogens (tertiary/aromatic N) is 4. The molecule has 0 aliphatic rings. The molecule has 0 aliphatic heterocycles. The minimum Gasteiger partial charge on any atom is -0.397 e. The Balaban J connectivity index is 2.02. The summed E-state index contributed by atoms with van der Waals surface area (Å²) in [5.41, 5.74) is 6.54. The molecule has 0 saturated carbocycles. The molecular weight excluding hydrogens is 234 g/mol. The summed E-state index contributed by atoms with van der Waals surface area (Å²) in [5, 5.41) is 4.19. The molecule has 2 aromatic heterocycles. The Morgan fingerprint density at radius 3 is 3.12 bits per heavy atom. The van der Waals surface area contributed by atoms with E-state index in [1.54, 1.807) is 30.5 Å². The van der Waals surface area contributed by atoms with E-state index in [0.717, 1.165) is 29.4 Å². The van der Waals surface area contributed by atoms with Gasteiger partial charge in [0, 0.05) is 17.6 Å². The lowest BCUT2D eigenvalue weighted by molar-refractivity contribution is 0.581.